The third kappa shape index (κ3) is 5.24. The first-order valence-corrected chi connectivity index (χ1v) is 8.33. The van der Waals surface area contributed by atoms with Crippen molar-refractivity contribution in [3.63, 3.8) is 0 Å². The number of amides is 2. The fourth-order valence-corrected chi connectivity index (χ4v) is 2.20. The molecule has 0 aromatic heterocycles. The van der Waals surface area contributed by atoms with Gasteiger partial charge in [-0.25, -0.2) is 0 Å². The van der Waals surface area contributed by atoms with Gasteiger partial charge in [0.25, 0.3) is 11.8 Å². The third-order valence-electron chi connectivity index (χ3n) is 3.83. The van der Waals surface area contributed by atoms with Gasteiger partial charge in [-0.2, -0.15) is 0 Å². The predicted octanol–water partition coefficient (Wildman–Crippen LogP) is 2.92. The second-order valence-corrected chi connectivity index (χ2v) is 7.02. The molecule has 2 aromatic rings. The van der Waals surface area contributed by atoms with Crippen LogP contribution in [0.25, 0.3) is 0 Å². The van der Waals surface area contributed by atoms with E-state index in [1.807, 2.05) is 24.3 Å². The number of ether oxygens (including phenoxy) is 1. The summed E-state index contributed by atoms with van der Waals surface area (Å²) in [6.07, 6.45) is -0.782. The Hall–Kier alpha value is -3.02. The minimum Gasteiger partial charge on any atom is -0.508 e. The molecule has 0 aliphatic carbocycles. The maximum Gasteiger partial charge on any atom is 0.279 e. The van der Waals surface area contributed by atoms with Crippen LogP contribution in [0, 0.1) is 0 Å². The van der Waals surface area contributed by atoms with Gasteiger partial charge in [0.05, 0.1) is 0 Å². The number of phenols is 1. The molecule has 0 unspecified atom stereocenters. The van der Waals surface area contributed by atoms with E-state index in [0.717, 1.165) is 0 Å². The van der Waals surface area contributed by atoms with Gasteiger partial charge in [-0.3, -0.25) is 20.4 Å². The Morgan fingerprint density at radius 2 is 1.54 bits per heavy atom. The van der Waals surface area contributed by atoms with E-state index in [0.29, 0.717) is 11.3 Å². The zero-order valence-corrected chi connectivity index (χ0v) is 15.4. The Bertz CT molecular complexity index is 762. The normalized spacial score (nSPS) is 12.2. The van der Waals surface area contributed by atoms with Crippen LogP contribution >= 0.6 is 0 Å². The van der Waals surface area contributed by atoms with Crippen LogP contribution < -0.4 is 15.6 Å². The number of carbonyl (C=O) groups is 2. The number of carbonyl (C=O) groups excluding carboxylic acids is 2. The summed E-state index contributed by atoms with van der Waals surface area (Å²) in [5.41, 5.74) is 6.16. The first-order valence-electron chi connectivity index (χ1n) is 8.33. The Morgan fingerprint density at radius 1 is 0.962 bits per heavy atom. The van der Waals surface area contributed by atoms with Gasteiger partial charge in [-0.05, 0) is 54.3 Å². The number of nitrogens with one attached hydrogen (secondary N) is 2. The zero-order chi connectivity index (χ0) is 19.3. The molecule has 0 saturated carbocycles. The Kier molecular flexibility index (Phi) is 5.87. The number of benzene rings is 2. The molecule has 0 aliphatic rings. The highest BCUT2D eigenvalue weighted by atomic mass is 16.5. The minimum atomic E-state index is -0.782. The van der Waals surface area contributed by atoms with Crippen LogP contribution in [-0.2, 0) is 10.2 Å². The number of hydrazine groups is 1. The second kappa shape index (κ2) is 7.91. The quantitative estimate of drug-likeness (QED) is 0.735. The number of aromatic hydroxyl groups is 1. The van der Waals surface area contributed by atoms with Crippen molar-refractivity contribution in [1.82, 2.24) is 10.9 Å². The first kappa shape index (κ1) is 19.3. The van der Waals surface area contributed by atoms with Gasteiger partial charge in [0, 0.05) is 5.56 Å². The smallest absolute Gasteiger partial charge is 0.279 e. The number of hydrogen-bond acceptors (Lipinski definition) is 4. The molecule has 0 heterocycles. The van der Waals surface area contributed by atoms with Crippen molar-refractivity contribution >= 4 is 11.8 Å². The van der Waals surface area contributed by atoms with Crippen molar-refractivity contribution in [2.45, 2.75) is 39.2 Å². The van der Waals surface area contributed by atoms with E-state index in [4.69, 9.17) is 4.74 Å². The highest BCUT2D eigenvalue weighted by molar-refractivity contribution is 5.95. The van der Waals surface area contributed by atoms with E-state index in [1.165, 1.54) is 29.8 Å². The minimum absolute atomic E-state index is 0.0417. The highest BCUT2D eigenvalue weighted by Gasteiger charge is 2.17. The molecule has 2 rings (SSSR count). The average Bonchev–Trinajstić information content (AvgIpc) is 2.59. The lowest BCUT2D eigenvalue weighted by Crippen LogP contribution is -2.47. The summed E-state index contributed by atoms with van der Waals surface area (Å²) in [5.74, 6) is -0.326. The molecule has 1 atom stereocenters. The van der Waals surface area contributed by atoms with Crippen molar-refractivity contribution in [2.75, 3.05) is 0 Å². The lowest BCUT2D eigenvalue weighted by Gasteiger charge is -2.20. The summed E-state index contributed by atoms with van der Waals surface area (Å²) in [5, 5.41) is 9.21. The number of hydrogen-bond donors (Lipinski definition) is 3. The van der Waals surface area contributed by atoms with Crippen molar-refractivity contribution in [3.05, 3.63) is 59.7 Å². The van der Waals surface area contributed by atoms with E-state index in [1.54, 1.807) is 6.92 Å². The monoisotopic (exact) mass is 356 g/mol. The van der Waals surface area contributed by atoms with E-state index in [2.05, 4.69) is 31.6 Å². The van der Waals surface area contributed by atoms with Gasteiger partial charge in [0.15, 0.2) is 6.10 Å². The molecule has 6 heteroatoms. The Morgan fingerprint density at radius 3 is 2.08 bits per heavy atom. The van der Waals surface area contributed by atoms with Crippen LogP contribution in [0.15, 0.2) is 48.5 Å². The molecule has 6 nitrogen and oxygen atoms in total. The summed E-state index contributed by atoms with van der Waals surface area (Å²) in [7, 11) is 0. The molecular formula is C20H24N2O4. The lowest BCUT2D eigenvalue weighted by molar-refractivity contribution is -0.128. The van der Waals surface area contributed by atoms with E-state index >= 15 is 0 Å². The van der Waals surface area contributed by atoms with Crippen LogP contribution in [0.5, 0.6) is 11.5 Å². The maximum absolute atomic E-state index is 12.1. The molecule has 0 bridgehead atoms. The zero-order valence-electron chi connectivity index (χ0n) is 15.4. The molecule has 0 fully saturated rings. The van der Waals surface area contributed by atoms with Gasteiger partial charge in [-0.1, -0.05) is 32.9 Å². The number of rotatable bonds is 4. The summed E-state index contributed by atoms with van der Waals surface area (Å²) in [6.45, 7) is 7.96. The molecule has 2 amide bonds. The topological polar surface area (TPSA) is 87.7 Å². The molecule has 0 radical (unpaired) electrons. The molecule has 26 heavy (non-hydrogen) atoms. The largest absolute Gasteiger partial charge is 0.508 e. The van der Waals surface area contributed by atoms with E-state index in [-0.39, 0.29) is 11.2 Å². The van der Waals surface area contributed by atoms with Crippen molar-refractivity contribution < 1.29 is 19.4 Å². The van der Waals surface area contributed by atoms with Crippen LogP contribution in [0.3, 0.4) is 0 Å². The van der Waals surface area contributed by atoms with Crippen LogP contribution in [0.4, 0.5) is 0 Å². The Balaban J connectivity index is 1.87. The highest BCUT2D eigenvalue weighted by Crippen LogP contribution is 2.24. The molecule has 0 saturated heterocycles. The molecule has 3 N–H and O–H groups in total. The van der Waals surface area contributed by atoms with Crippen LogP contribution in [-0.4, -0.2) is 23.0 Å². The van der Waals surface area contributed by atoms with Gasteiger partial charge < -0.3 is 9.84 Å². The van der Waals surface area contributed by atoms with E-state index < -0.39 is 17.9 Å². The Labute approximate surface area is 153 Å². The first-order chi connectivity index (χ1) is 12.2. The molecule has 2 aromatic carbocycles. The summed E-state index contributed by atoms with van der Waals surface area (Å²) in [4.78, 5) is 24.0. The number of phenolic OH excluding ortho intramolecular Hbond substituents is 1. The fraction of sp³-hybridized carbons (Fsp3) is 0.300. The van der Waals surface area contributed by atoms with Gasteiger partial charge in [-0.15, -0.1) is 0 Å². The molecule has 0 aliphatic heterocycles. The predicted molar refractivity (Wildman–Crippen MR) is 98.9 cm³/mol. The summed E-state index contributed by atoms with van der Waals surface area (Å²) < 4.78 is 5.60. The second-order valence-electron chi connectivity index (χ2n) is 7.02. The van der Waals surface area contributed by atoms with Gasteiger partial charge in [0.2, 0.25) is 0 Å². The maximum atomic E-state index is 12.1. The van der Waals surface area contributed by atoms with Crippen molar-refractivity contribution in [1.29, 1.82) is 0 Å². The summed E-state index contributed by atoms with van der Waals surface area (Å²) >= 11 is 0. The molecule has 0 spiro atoms. The standard InChI is InChI=1S/C20H24N2O4/c1-13(26-17-11-7-15(8-12-17)20(2,3)4)18(24)21-22-19(25)14-5-9-16(23)10-6-14/h5-13,23H,1-4H3,(H,21,24)(H,22,25)/t13-/m1/s1. The van der Waals surface area contributed by atoms with Crippen LogP contribution in [0.2, 0.25) is 0 Å². The van der Waals surface area contributed by atoms with Crippen LogP contribution in [0.1, 0.15) is 43.6 Å². The van der Waals surface area contributed by atoms with Crippen molar-refractivity contribution in [3.8, 4) is 11.5 Å². The fourth-order valence-electron chi connectivity index (χ4n) is 2.20. The van der Waals surface area contributed by atoms with Gasteiger partial charge in [0.1, 0.15) is 11.5 Å². The van der Waals surface area contributed by atoms with Crippen molar-refractivity contribution in [2.24, 2.45) is 0 Å². The SMILES string of the molecule is C[C@@H](Oc1ccc(C(C)(C)C)cc1)C(=O)NNC(=O)c1ccc(O)cc1. The van der Waals surface area contributed by atoms with Gasteiger partial charge >= 0.3 is 0 Å². The molecular weight excluding hydrogens is 332 g/mol. The van der Waals surface area contributed by atoms with E-state index in [9.17, 15) is 14.7 Å². The molecule has 138 valence electrons. The average molecular weight is 356 g/mol. The third-order valence-corrected chi connectivity index (χ3v) is 3.83. The lowest BCUT2D eigenvalue weighted by atomic mass is 9.87. The summed E-state index contributed by atoms with van der Waals surface area (Å²) in [6, 6.07) is 13.3.